The molecule has 2 aromatic heterocycles. The van der Waals surface area contributed by atoms with Gasteiger partial charge in [0.2, 0.25) is 0 Å². The van der Waals surface area contributed by atoms with Gasteiger partial charge in [0, 0.05) is 19.5 Å². The van der Waals surface area contributed by atoms with Crippen LogP contribution in [0.4, 0.5) is 11.6 Å². The Morgan fingerprint density at radius 2 is 1.35 bits per heavy atom. The van der Waals surface area contributed by atoms with E-state index < -0.39 is 43.9 Å². The quantitative estimate of drug-likeness (QED) is 0.464. The molecule has 5 atom stereocenters. The maximum atomic E-state index is 12.8. The Kier molecular flexibility index (Phi) is 7.45. The van der Waals surface area contributed by atoms with Gasteiger partial charge in [0.25, 0.3) is 0 Å². The Balaban J connectivity index is 1.26. The summed E-state index contributed by atoms with van der Waals surface area (Å²) in [5.74, 6) is 0.263. The Morgan fingerprint density at radius 3 is 1.74 bits per heavy atom. The highest BCUT2D eigenvalue weighted by atomic mass is 31.2. The lowest BCUT2D eigenvalue weighted by molar-refractivity contribution is -0.0389. The zero-order valence-corrected chi connectivity index (χ0v) is 19.4. The molecule has 2 fully saturated rings. The van der Waals surface area contributed by atoms with Gasteiger partial charge in [0.1, 0.15) is 24.1 Å². The van der Waals surface area contributed by atoms with Crippen molar-refractivity contribution in [2.45, 2.75) is 50.3 Å². The first kappa shape index (κ1) is 24.5. The minimum Gasteiger partial charge on any atom is -0.383 e. The molecule has 2 aromatic rings. The van der Waals surface area contributed by atoms with Crippen molar-refractivity contribution in [3.63, 3.8) is 0 Å². The van der Waals surface area contributed by atoms with Gasteiger partial charge >= 0.3 is 19.2 Å². The topological polar surface area (TPSA) is 185 Å². The zero-order valence-electron chi connectivity index (χ0n) is 18.5. The van der Waals surface area contributed by atoms with Gasteiger partial charge in [0.05, 0.1) is 25.4 Å². The Labute approximate surface area is 194 Å². The molecule has 2 aliphatic rings. The molecule has 0 spiro atoms. The molecule has 0 amide bonds. The number of aromatic nitrogens is 4. The number of nitrogens with two attached hydrogens (primary N) is 2. The highest BCUT2D eigenvalue weighted by Gasteiger charge is 2.34. The number of anilines is 2. The predicted molar refractivity (Wildman–Crippen MR) is 119 cm³/mol. The fourth-order valence-corrected chi connectivity index (χ4v) is 4.79. The second kappa shape index (κ2) is 10.3. The molecular weight excluding hydrogens is 471 g/mol. The molecule has 2 aliphatic heterocycles. The second-order valence-corrected chi connectivity index (χ2v) is 9.66. The van der Waals surface area contributed by atoms with Gasteiger partial charge in [-0.05, 0) is 37.8 Å². The number of rotatable bonds is 9. The summed E-state index contributed by atoms with van der Waals surface area (Å²) in [6.07, 6.45) is 3.40. The third-order valence-corrected chi connectivity index (χ3v) is 6.93. The zero-order chi connectivity index (χ0) is 24.3. The molecule has 34 heavy (non-hydrogen) atoms. The average molecular weight is 498 g/mol. The monoisotopic (exact) mass is 498 g/mol. The smallest absolute Gasteiger partial charge is 0.383 e. The van der Waals surface area contributed by atoms with Crippen molar-refractivity contribution in [3.05, 3.63) is 45.5 Å². The summed E-state index contributed by atoms with van der Waals surface area (Å²) in [7, 11) is -2.66. The number of phosphoric ester groups is 1. The molecule has 2 saturated heterocycles. The van der Waals surface area contributed by atoms with Gasteiger partial charge in [-0.25, -0.2) is 14.2 Å². The van der Waals surface area contributed by atoms with Crippen molar-refractivity contribution < 1.29 is 27.6 Å². The van der Waals surface area contributed by atoms with Crippen LogP contribution >= 0.6 is 7.82 Å². The van der Waals surface area contributed by atoms with E-state index >= 15 is 0 Å². The van der Waals surface area contributed by atoms with Crippen LogP contribution in [0.3, 0.4) is 0 Å². The van der Waals surface area contributed by atoms with Crippen LogP contribution < -0.4 is 22.8 Å². The molecule has 3 unspecified atom stereocenters. The summed E-state index contributed by atoms with van der Waals surface area (Å²) in [5.41, 5.74) is 10.0. The Bertz CT molecular complexity index is 1090. The maximum absolute atomic E-state index is 12.8. The third kappa shape index (κ3) is 5.71. The van der Waals surface area contributed by atoms with Crippen molar-refractivity contribution >= 4 is 19.5 Å². The molecule has 0 saturated carbocycles. The number of ether oxygens (including phenoxy) is 2. The average Bonchev–Trinajstić information content (AvgIpc) is 3.46. The van der Waals surface area contributed by atoms with E-state index in [9.17, 15) is 14.2 Å². The maximum Gasteiger partial charge on any atom is 0.474 e. The number of hydrogen-bond acceptors (Lipinski definition) is 12. The van der Waals surface area contributed by atoms with Crippen molar-refractivity contribution in [2.24, 2.45) is 0 Å². The lowest BCUT2D eigenvalue weighted by Gasteiger charge is -2.21. The summed E-state index contributed by atoms with van der Waals surface area (Å²) < 4.78 is 43.0. The molecule has 4 rings (SSSR count). The van der Waals surface area contributed by atoms with E-state index in [1.165, 1.54) is 40.8 Å². The van der Waals surface area contributed by atoms with Crippen molar-refractivity contribution in [2.75, 3.05) is 31.8 Å². The SMILES string of the molecule is COP(=O)(OCC1CCC(n2ccc(N)nc2=O)O1)OC[C@@H]1CC[C@H](n2ccc(N)nc2=O)O1. The molecule has 186 valence electrons. The van der Waals surface area contributed by atoms with Crippen molar-refractivity contribution in [1.29, 1.82) is 0 Å². The third-order valence-electron chi connectivity index (χ3n) is 5.55. The van der Waals surface area contributed by atoms with E-state index in [2.05, 4.69) is 9.97 Å². The molecule has 0 radical (unpaired) electrons. The van der Waals surface area contributed by atoms with Crippen LogP contribution in [-0.4, -0.2) is 51.6 Å². The minimum absolute atomic E-state index is 0.0561. The van der Waals surface area contributed by atoms with Crippen LogP contribution in [0.1, 0.15) is 38.1 Å². The number of nitrogens with zero attached hydrogens (tertiary/aromatic N) is 4. The second-order valence-electron chi connectivity index (χ2n) is 7.89. The minimum atomic E-state index is -3.88. The standard InChI is InChI=1S/C19H27N6O8P/c1-29-34(28,30-10-12-2-4-16(32-12)24-8-6-14(20)22-18(24)26)31-11-13-3-5-17(33-13)25-9-7-15(21)23-19(25)27/h6-9,12-13,16-17H,2-5,10-11H2,1H3,(H2,20,22,26)(H2,21,23,27)/t12-,13?,16+,17?,34?/m0/s1. The fourth-order valence-electron chi connectivity index (χ4n) is 3.81. The van der Waals surface area contributed by atoms with E-state index in [1.54, 1.807) is 0 Å². The lowest BCUT2D eigenvalue weighted by Crippen LogP contribution is -2.28. The van der Waals surface area contributed by atoms with Gasteiger partial charge < -0.3 is 20.9 Å². The number of nitrogen functional groups attached to an aromatic ring is 2. The summed E-state index contributed by atoms with van der Waals surface area (Å²) in [5, 5.41) is 0. The molecule has 15 heteroatoms. The van der Waals surface area contributed by atoms with Crippen LogP contribution in [0, 0.1) is 0 Å². The molecule has 0 bridgehead atoms. The van der Waals surface area contributed by atoms with E-state index in [1.807, 2.05) is 0 Å². The number of phosphoric acid groups is 1. The summed E-state index contributed by atoms with van der Waals surface area (Å²) in [4.78, 5) is 31.4. The van der Waals surface area contributed by atoms with Gasteiger partial charge in [-0.3, -0.25) is 22.7 Å². The van der Waals surface area contributed by atoms with Crippen molar-refractivity contribution in [1.82, 2.24) is 19.1 Å². The Hall–Kier alpha value is -2.61. The van der Waals surface area contributed by atoms with E-state index in [4.69, 9.17) is 34.5 Å². The number of hydrogen-bond donors (Lipinski definition) is 2. The molecule has 14 nitrogen and oxygen atoms in total. The highest BCUT2D eigenvalue weighted by Crippen LogP contribution is 2.50. The highest BCUT2D eigenvalue weighted by molar-refractivity contribution is 7.48. The Morgan fingerprint density at radius 1 is 0.912 bits per heavy atom. The van der Waals surface area contributed by atoms with Crippen LogP contribution in [-0.2, 0) is 27.6 Å². The summed E-state index contributed by atoms with van der Waals surface area (Å²) in [6, 6.07) is 3.02. The first-order chi connectivity index (χ1) is 16.3. The molecular formula is C19H27N6O8P. The first-order valence-electron chi connectivity index (χ1n) is 10.7. The molecule has 4 heterocycles. The summed E-state index contributed by atoms with van der Waals surface area (Å²) in [6.45, 7) is -0.112. The van der Waals surface area contributed by atoms with Crippen LogP contribution in [0.15, 0.2) is 34.1 Å². The van der Waals surface area contributed by atoms with Gasteiger partial charge in [-0.2, -0.15) is 9.97 Å². The van der Waals surface area contributed by atoms with Crippen molar-refractivity contribution in [3.8, 4) is 0 Å². The van der Waals surface area contributed by atoms with Crippen LogP contribution in [0.2, 0.25) is 0 Å². The van der Waals surface area contributed by atoms with Crippen LogP contribution in [0.25, 0.3) is 0 Å². The largest absolute Gasteiger partial charge is 0.474 e. The van der Waals surface area contributed by atoms with E-state index in [-0.39, 0.29) is 24.8 Å². The van der Waals surface area contributed by atoms with E-state index in [0.29, 0.717) is 25.7 Å². The van der Waals surface area contributed by atoms with Gasteiger partial charge in [-0.15, -0.1) is 0 Å². The van der Waals surface area contributed by atoms with Crippen LogP contribution in [0.5, 0.6) is 0 Å². The lowest BCUT2D eigenvalue weighted by atomic mass is 10.2. The predicted octanol–water partition coefficient (Wildman–Crippen LogP) is 0.808. The van der Waals surface area contributed by atoms with E-state index in [0.717, 1.165) is 0 Å². The molecule has 4 N–H and O–H groups in total. The molecule has 0 aliphatic carbocycles. The normalized spacial score (nSPS) is 26.5. The summed E-state index contributed by atoms with van der Waals surface area (Å²) >= 11 is 0. The molecule has 0 aromatic carbocycles. The van der Waals surface area contributed by atoms with Gasteiger partial charge in [0.15, 0.2) is 0 Å². The fraction of sp³-hybridized carbons (Fsp3) is 0.579. The van der Waals surface area contributed by atoms with Gasteiger partial charge in [-0.1, -0.05) is 0 Å². The first-order valence-corrected chi connectivity index (χ1v) is 12.2.